The number of aromatic nitrogens is 1. The molecule has 0 aliphatic heterocycles. The summed E-state index contributed by atoms with van der Waals surface area (Å²) in [7, 11) is 0. The third-order valence-corrected chi connectivity index (χ3v) is 1.54. The van der Waals surface area contributed by atoms with Crippen molar-refractivity contribution in [1.29, 1.82) is 5.26 Å². The van der Waals surface area contributed by atoms with Crippen LogP contribution in [0.25, 0.3) is 0 Å². The van der Waals surface area contributed by atoms with Gasteiger partial charge in [0.15, 0.2) is 0 Å². The Hall–Kier alpha value is -1.60. The summed E-state index contributed by atoms with van der Waals surface area (Å²) < 4.78 is 1.33. The van der Waals surface area contributed by atoms with Crippen molar-refractivity contribution >= 4 is 0 Å². The largest absolute Gasteiger partial charge is 0.326 e. The molecule has 0 unspecified atom stereocenters. The van der Waals surface area contributed by atoms with E-state index in [0.29, 0.717) is 6.54 Å². The lowest BCUT2D eigenvalue weighted by atomic mass is 10.3. The topological polar surface area (TPSA) is 71.8 Å². The van der Waals surface area contributed by atoms with Gasteiger partial charge in [-0.05, 0) is 11.6 Å². The minimum absolute atomic E-state index is 0.0870. The average Bonchev–Trinajstić information content (AvgIpc) is 2.09. The smallest absolute Gasteiger partial charge is 0.251 e. The van der Waals surface area contributed by atoms with Crippen molar-refractivity contribution in [3.63, 3.8) is 0 Å². The van der Waals surface area contributed by atoms with Crippen LogP contribution in [-0.4, -0.2) is 4.57 Å². The summed E-state index contributed by atoms with van der Waals surface area (Å²) >= 11 is 0. The number of nitrogens with two attached hydrogens (primary N) is 1. The molecule has 0 aromatic carbocycles. The second kappa shape index (κ2) is 3.69. The highest BCUT2D eigenvalue weighted by molar-refractivity contribution is 5.10. The number of nitrogens with zero attached hydrogens (tertiary/aromatic N) is 2. The minimum Gasteiger partial charge on any atom is -0.326 e. The molecule has 0 saturated heterocycles. The molecule has 0 aliphatic carbocycles. The predicted octanol–water partition coefficient (Wildman–Crippen LogP) is -0.169. The number of pyridine rings is 1. The van der Waals surface area contributed by atoms with Gasteiger partial charge in [-0.15, -0.1) is 0 Å². The molecule has 0 bridgehead atoms. The summed E-state index contributed by atoms with van der Waals surface area (Å²) in [5.41, 5.74) is 5.93. The van der Waals surface area contributed by atoms with E-state index in [1.54, 1.807) is 12.3 Å². The Morgan fingerprint density at radius 2 is 2.42 bits per heavy atom. The second-order valence-electron chi connectivity index (χ2n) is 2.36. The summed E-state index contributed by atoms with van der Waals surface area (Å²) in [6.45, 7) is 0.437. The quantitative estimate of drug-likeness (QED) is 0.658. The van der Waals surface area contributed by atoms with Crippen LogP contribution in [0.15, 0.2) is 23.1 Å². The molecule has 0 aliphatic rings. The van der Waals surface area contributed by atoms with Gasteiger partial charge in [0.1, 0.15) is 6.54 Å². The molecule has 0 amide bonds. The summed E-state index contributed by atoms with van der Waals surface area (Å²) in [6.07, 6.45) is 1.58. The maximum atomic E-state index is 11.1. The molecule has 62 valence electrons. The van der Waals surface area contributed by atoms with Crippen molar-refractivity contribution in [2.75, 3.05) is 0 Å². The van der Waals surface area contributed by atoms with Gasteiger partial charge >= 0.3 is 0 Å². The zero-order valence-corrected chi connectivity index (χ0v) is 6.53. The average molecular weight is 163 g/mol. The lowest BCUT2D eigenvalue weighted by Gasteiger charge is -1.99. The maximum absolute atomic E-state index is 11.1. The molecule has 2 N–H and O–H groups in total. The van der Waals surface area contributed by atoms with Gasteiger partial charge in [0, 0.05) is 18.8 Å². The van der Waals surface area contributed by atoms with Crippen LogP contribution in [0.2, 0.25) is 0 Å². The van der Waals surface area contributed by atoms with E-state index in [0.717, 1.165) is 5.56 Å². The fourth-order valence-electron chi connectivity index (χ4n) is 0.883. The van der Waals surface area contributed by atoms with E-state index in [2.05, 4.69) is 0 Å². The van der Waals surface area contributed by atoms with Crippen LogP contribution in [-0.2, 0) is 13.1 Å². The highest BCUT2D eigenvalue weighted by Crippen LogP contribution is 1.91. The fraction of sp³-hybridized carbons (Fsp3) is 0.250. The lowest BCUT2D eigenvalue weighted by Crippen LogP contribution is -2.19. The van der Waals surface area contributed by atoms with Crippen LogP contribution in [0.5, 0.6) is 0 Å². The first-order valence-corrected chi connectivity index (χ1v) is 3.54. The van der Waals surface area contributed by atoms with Crippen LogP contribution in [0.3, 0.4) is 0 Å². The van der Waals surface area contributed by atoms with E-state index in [9.17, 15) is 4.79 Å². The molecule has 0 spiro atoms. The molecular weight excluding hydrogens is 154 g/mol. The van der Waals surface area contributed by atoms with E-state index in [4.69, 9.17) is 11.0 Å². The molecule has 1 aromatic rings. The van der Waals surface area contributed by atoms with Gasteiger partial charge in [0.25, 0.3) is 5.56 Å². The summed E-state index contributed by atoms with van der Waals surface area (Å²) in [6, 6.07) is 5.07. The molecule has 0 fully saturated rings. The Balaban J connectivity index is 3.06. The van der Waals surface area contributed by atoms with E-state index >= 15 is 0 Å². The van der Waals surface area contributed by atoms with E-state index in [1.807, 2.05) is 6.07 Å². The minimum atomic E-state index is -0.181. The van der Waals surface area contributed by atoms with Gasteiger partial charge in [0.2, 0.25) is 0 Å². The molecule has 0 atom stereocenters. The third-order valence-electron chi connectivity index (χ3n) is 1.54. The van der Waals surface area contributed by atoms with Crippen molar-refractivity contribution in [2.45, 2.75) is 13.1 Å². The van der Waals surface area contributed by atoms with E-state index in [-0.39, 0.29) is 12.1 Å². The van der Waals surface area contributed by atoms with Crippen molar-refractivity contribution < 1.29 is 0 Å². The number of hydrogen-bond donors (Lipinski definition) is 1. The van der Waals surface area contributed by atoms with Crippen LogP contribution in [0.1, 0.15) is 5.56 Å². The van der Waals surface area contributed by atoms with Gasteiger partial charge in [-0.2, -0.15) is 5.26 Å². The third kappa shape index (κ3) is 1.71. The second-order valence-corrected chi connectivity index (χ2v) is 2.36. The SMILES string of the molecule is N#CCn1ccc(CN)cc1=O. The summed E-state index contributed by atoms with van der Waals surface area (Å²) in [5, 5.41) is 8.34. The predicted molar refractivity (Wildman–Crippen MR) is 44.2 cm³/mol. The molecular formula is C8H9N3O. The van der Waals surface area contributed by atoms with Crippen LogP contribution in [0, 0.1) is 11.3 Å². The summed E-state index contributed by atoms with van der Waals surface area (Å²) in [4.78, 5) is 11.1. The number of rotatable bonds is 2. The zero-order chi connectivity index (χ0) is 8.97. The Bertz CT molecular complexity index is 361. The van der Waals surface area contributed by atoms with Crippen LogP contribution >= 0.6 is 0 Å². The number of hydrogen-bond acceptors (Lipinski definition) is 3. The Labute approximate surface area is 69.8 Å². The van der Waals surface area contributed by atoms with Gasteiger partial charge in [-0.25, -0.2) is 0 Å². The molecule has 0 saturated carbocycles. The standard InChI is InChI=1S/C8H9N3O/c9-2-4-11-3-1-7(6-10)5-8(11)12/h1,3,5H,4,6,10H2. The van der Waals surface area contributed by atoms with E-state index < -0.39 is 0 Å². The van der Waals surface area contributed by atoms with E-state index in [1.165, 1.54) is 10.6 Å². The van der Waals surface area contributed by atoms with Crippen molar-refractivity contribution in [3.05, 3.63) is 34.2 Å². The molecule has 1 aromatic heterocycles. The van der Waals surface area contributed by atoms with Gasteiger partial charge in [0.05, 0.1) is 6.07 Å². The van der Waals surface area contributed by atoms with Crippen LogP contribution in [0.4, 0.5) is 0 Å². The molecule has 4 nitrogen and oxygen atoms in total. The van der Waals surface area contributed by atoms with Gasteiger partial charge in [-0.1, -0.05) is 0 Å². The van der Waals surface area contributed by atoms with Crippen molar-refractivity contribution in [2.24, 2.45) is 5.73 Å². The molecule has 1 rings (SSSR count). The Morgan fingerprint density at radius 3 is 2.92 bits per heavy atom. The Morgan fingerprint density at radius 1 is 1.67 bits per heavy atom. The summed E-state index contributed by atoms with van der Waals surface area (Å²) in [5.74, 6) is 0. The molecule has 1 heterocycles. The number of nitriles is 1. The first-order chi connectivity index (χ1) is 5.77. The molecule has 0 radical (unpaired) electrons. The van der Waals surface area contributed by atoms with Crippen molar-refractivity contribution in [3.8, 4) is 6.07 Å². The Kier molecular flexibility index (Phi) is 2.62. The fourth-order valence-corrected chi connectivity index (χ4v) is 0.883. The first kappa shape index (κ1) is 8.50. The zero-order valence-electron chi connectivity index (χ0n) is 6.53. The van der Waals surface area contributed by atoms with Crippen LogP contribution < -0.4 is 11.3 Å². The molecule has 12 heavy (non-hydrogen) atoms. The van der Waals surface area contributed by atoms with Crippen molar-refractivity contribution in [1.82, 2.24) is 4.57 Å². The maximum Gasteiger partial charge on any atom is 0.251 e. The normalized spacial score (nSPS) is 9.33. The highest BCUT2D eigenvalue weighted by Gasteiger charge is 1.95. The first-order valence-electron chi connectivity index (χ1n) is 3.54. The van der Waals surface area contributed by atoms with Gasteiger partial charge in [-0.3, -0.25) is 4.79 Å². The highest BCUT2D eigenvalue weighted by atomic mass is 16.1. The molecule has 4 heteroatoms. The lowest BCUT2D eigenvalue weighted by molar-refractivity contribution is 0.781. The monoisotopic (exact) mass is 163 g/mol. The van der Waals surface area contributed by atoms with Gasteiger partial charge < -0.3 is 10.3 Å².